The highest BCUT2D eigenvalue weighted by Crippen LogP contribution is 2.18. The molecule has 2 rings (SSSR count). The van der Waals surface area contributed by atoms with Gasteiger partial charge in [0.15, 0.2) is 0 Å². The van der Waals surface area contributed by atoms with Crippen molar-refractivity contribution in [2.75, 3.05) is 11.9 Å². The third-order valence-corrected chi connectivity index (χ3v) is 3.89. The summed E-state index contributed by atoms with van der Waals surface area (Å²) in [5, 5.41) is 3.36. The summed E-state index contributed by atoms with van der Waals surface area (Å²) in [6, 6.07) is 8.66. The molecular weight excluding hydrogens is 328 g/mol. The van der Waals surface area contributed by atoms with Gasteiger partial charge in [-0.3, -0.25) is 0 Å². The lowest BCUT2D eigenvalue weighted by Gasteiger charge is -2.18. The van der Waals surface area contributed by atoms with Crippen molar-refractivity contribution in [1.82, 2.24) is 15.3 Å². The molecule has 0 unspecified atom stereocenters. The van der Waals surface area contributed by atoms with Gasteiger partial charge in [0.05, 0.1) is 0 Å². The Kier molecular flexibility index (Phi) is 5.70. The van der Waals surface area contributed by atoms with Crippen molar-refractivity contribution in [2.24, 2.45) is 0 Å². The average molecular weight is 349 g/mol. The van der Waals surface area contributed by atoms with E-state index in [9.17, 15) is 0 Å². The zero-order chi connectivity index (χ0) is 15.2. The third-order valence-electron chi connectivity index (χ3n) is 3.11. The van der Waals surface area contributed by atoms with Crippen molar-refractivity contribution in [3.8, 4) is 0 Å². The van der Waals surface area contributed by atoms with Crippen LogP contribution in [0.25, 0.3) is 0 Å². The maximum Gasteiger partial charge on any atom is 0.225 e. The van der Waals surface area contributed by atoms with Crippen molar-refractivity contribution in [1.29, 1.82) is 0 Å². The first kappa shape index (κ1) is 15.9. The molecule has 0 saturated carbocycles. The van der Waals surface area contributed by atoms with Crippen molar-refractivity contribution < 1.29 is 0 Å². The lowest BCUT2D eigenvalue weighted by atomic mass is 10.2. The molecular formula is C16H21BrN4. The fraction of sp³-hybridized carbons (Fsp3) is 0.375. The van der Waals surface area contributed by atoms with Gasteiger partial charge in [-0.2, -0.15) is 0 Å². The molecule has 1 aromatic heterocycles. The van der Waals surface area contributed by atoms with Gasteiger partial charge in [-0.15, -0.1) is 0 Å². The van der Waals surface area contributed by atoms with Gasteiger partial charge < -0.3 is 10.2 Å². The van der Waals surface area contributed by atoms with E-state index in [4.69, 9.17) is 0 Å². The summed E-state index contributed by atoms with van der Waals surface area (Å²) in [5.41, 5.74) is 2.32. The fourth-order valence-corrected chi connectivity index (χ4v) is 2.32. The lowest BCUT2D eigenvalue weighted by Crippen LogP contribution is -2.23. The minimum Gasteiger partial charge on any atom is -0.340 e. The topological polar surface area (TPSA) is 41.1 Å². The smallest absolute Gasteiger partial charge is 0.225 e. The van der Waals surface area contributed by atoms with E-state index in [-0.39, 0.29) is 0 Å². The molecule has 1 N–H and O–H groups in total. The van der Waals surface area contributed by atoms with E-state index in [1.807, 2.05) is 42.5 Å². The van der Waals surface area contributed by atoms with Gasteiger partial charge >= 0.3 is 0 Å². The van der Waals surface area contributed by atoms with Crippen LogP contribution in [0.5, 0.6) is 0 Å². The third kappa shape index (κ3) is 4.79. The number of hydrogen-bond acceptors (Lipinski definition) is 4. The minimum atomic E-state index is 0.461. The number of nitrogens with zero attached hydrogens (tertiary/aromatic N) is 3. The normalized spacial score (nSPS) is 10.9. The van der Waals surface area contributed by atoms with Gasteiger partial charge in [0.1, 0.15) is 0 Å². The Morgan fingerprint density at radius 2 is 1.86 bits per heavy atom. The molecule has 0 atom stereocenters. The summed E-state index contributed by atoms with van der Waals surface area (Å²) in [6.45, 7) is 5.82. The van der Waals surface area contributed by atoms with Crippen LogP contribution in [0.2, 0.25) is 0 Å². The first-order valence-corrected chi connectivity index (χ1v) is 7.84. The molecule has 0 saturated heterocycles. The highest BCUT2D eigenvalue weighted by Gasteiger charge is 2.07. The van der Waals surface area contributed by atoms with Crippen LogP contribution in [0.3, 0.4) is 0 Å². The Morgan fingerprint density at radius 3 is 2.48 bits per heavy atom. The van der Waals surface area contributed by atoms with E-state index < -0.39 is 0 Å². The number of aromatic nitrogens is 2. The van der Waals surface area contributed by atoms with E-state index in [1.165, 1.54) is 5.56 Å². The highest BCUT2D eigenvalue weighted by atomic mass is 79.9. The second kappa shape index (κ2) is 7.52. The second-order valence-electron chi connectivity index (χ2n) is 5.37. The summed E-state index contributed by atoms with van der Waals surface area (Å²) in [7, 11) is 2.00. The molecule has 0 bridgehead atoms. The molecule has 0 radical (unpaired) electrons. The predicted molar refractivity (Wildman–Crippen MR) is 90.3 cm³/mol. The zero-order valence-corrected chi connectivity index (χ0v) is 14.3. The molecule has 0 aliphatic rings. The van der Waals surface area contributed by atoms with Crippen LogP contribution in [-0.2, 0) is 13.1 Å². The second-order valence-corrected chi connectivity index (χ2v) is 6.23. The molecule has 112 valence electrons. The average Bonchev–Trinajstić information content (AvgIpc) is 2.48. The molecule has 1 aromatic carbocycles. The molecule has 0 spiro atoms. The molecule has 4 nitrogen and oxygen atoms in total. The van der Waals surface area contributed by atoms with E-state index in [0.29, 0.717) is 6.04 Å². The summed E-state index contributed by atoms with van der Waals surface area (Å²) in [6.07, 6.45) is 3.77. The van der Waals surface area contributed by atoms with E-state index >= 15 is 0 Å². The number of rotatable bonds is 6. The van der Waals surface area contributed by atoms with Gasteiger partial charge in [-0.05, 0) is 11.6 Å². The Balaban J connectivity index is 2.00. The molecule has 0 fully saturated rings. The Hall–Kier alpha value is -1.46. The molecule has 21 heavy (non-hydrogen) atoms. The summed E-state index contributed by atoms with van der Waals surface area (Å²) in [4.78, 5) is 10.9. The van der Waals surface area contributed by atoms with Crippen molar-refractivity contribution >= 4 is 21.9 Å². The quantitative estimate of drug-likeness (QED) is 0.868. The maximum absolute atomic E-state index is 4.44. The van der Waals surface area contributed by atoms with Crippen molar-refractivity contribution in [3.05, 3.63) is 52.3 Å². The number of nitrogens with one attached hydrogen (secondary N) is 1. The Morgan fingerprint density at radius 1 is 1.19 bits per heavy atom. The SMILES string of the molecule is CC(C)NCc1cnc(N(C)Cc2ccccc2Br)nc1. The first-order valence-electron chi connectivity index (χ1n) is 7.05. The first-order chi connectivity index (χ1) is 10.1. The lowest BCUT2D eigenvalue weighted by molar-refractivity contribution is 0.586. The van der Waals surface area contributed by atoms with Crippen molar-refractivity contribution in [2.45, 2.75) is 33.0 Å². The predicted octanol–water partition coefficient (Wildman–Crippen LogP) is 3.37. The molecule has 1 heterocycles. The zero-order valence-electron chi connectivity index (χ0n) is 12.7. The number of halogens is 1. The van der Waals surface area contributed by atoms with E-state index in [1.54, 1.807) is 0 Å². The van der Waals surface area contributed by atoms with Crippen LogP contribution in [0, 0.1) is 0 Å². The van der Waals surface area contributed by atoms with E-state index in [0.717, 1.165) is 29.1 Å². The maximum atomic E-state index is 4.44. The molecule has 2 aromatic rings. The number of hydrogen-bond donors (Lipinski definition) is 1. The summed E-state index contributed by atoms with van der Waals surface area (Å²) in [5.74, 6) is 0.735. The van der Waals surface area contributed by atoms with Gasteiger partial charge in [0, 0.05) is 48.6 Å². The molecule has 0 aliphatic carbocycles. The molecule has 5 heteroatoms. The Bertz CT molecular complexity index is 569. The van der Waals surface area contributed by atoms with Crippen LogP contribution in [0.1, 0.15) is 25.0 Å². The summed E-state index contributed by atoms with van der Waals surface area (Å²) >= 11 is 3.57. The summed E-state index contributed by atoms with van der Waals surface area (Å²) < 4.78 is 1.11. The Labute approximate surface area is 134 Å². The van der Waals surface area contributed by atoms with Gasteiger partial charge in [0.2, 0.25) is 5.95 Å². The van der Waals surface area contributed by atoms with Crippen LogP contribution < -0.4 is 10.2 Å². The van der Waals surface area contributed by atoms with Gasteiger partial charge in [0.25, 0.3) is 0 Å². The van der Waals surface area contributed by atoms with Crippen LogP contribution in [0.4, 0.5) is 5.95 Å². The fourth-order valence-electron chi connectivity index (χ4n) is 1.91. The van der Waals surface area contributed by atoms with Gasteiger partial charge in [-0.1, -0.05) is 48.0 Å². The highest BCUT2D eigenvalue weighted by molar-refractivity contribution is 9.10. The van der Waals surface area contributed by atoms with Crippen LogP contribution >= 0.6 is 15.9 Å². The van der Waals surface area contributed by atoms with Gasteiger partial charge in [-0.25, -0.2) is 9.97 Å². The number of anilines is 1. The minimum absolute atomic E-state index is 0.461. The van der Waals surface area contributed by atoms with E-state index in [2.05, 4.69) is 51.1 Å². The van der Waals surface area contributed by atoms with Crippen LogP contribution in [0.15, 0.2) is 41.1 Å². The van der Waals surface area contributed by atoms with Crippen LogP contribution in [-0.4, -0.2) is 23.1 Å². The molecule has 0 aliphatic heterocycles. The number of benzene rings is 1. The van der Waals surface area contributed by atoms with Crippen molar-refractivity contribution in [3.63, 3.8) is 0 Å². The standard InChI is InChI=1S/C16H21BrN4/c1-12(2)18-8-13-9-19-16(20-10-13)21(3)11-14-6-4-5-7-15(14)17/h4-7,9-10,12,18H,8,11H2,1-3H3. The molecule has 0 amide bonds. The largest absolute Gasteiger partial charge is 0.340 e. The monoisotopic (exact) mass is 348 g/mol.